The van der Waals surface area contributed by atoms with Gasteiger partial charge in [-0.05, 0) is 43.5 Å². The summed E-state index contributed by atoms with van der Waals surface area (Å²) in [6, 6.07) is 9.28. The van der Waals surface area contributed by atoms with E-state index >= 15 is 0 Å². The Hall–Kier alpha value is -2.68. The van der Waals surface area contributed by atoms with Gasteiger partial charge < -0.3 is 19.7 Å². The SMILES string of the molecule is COc1ccc(OCCN/C=C(/C#N)C(=O)N2CCCCC2)cc1. The molecule has 1 aromatic carbocycles. The van der Waals surface area contributed by atoms with Crippen molar-refractivity contribution in [3.8, 4) is 17.6 Å². The molecule has 0 bridgehead atoms. The van der Waals surface area contributed by atoms with E-state index in [2.05, 4.69) is 5.32 Å². The summed E-state index contributed by atoms with van der Waals surface area (Å²) < 4.78 is 10.7. The van der Waals surface area contributed by atoms with Gasteiger partial charge in [-0.15, -0.1) is 0 Å². The molecule has 1 aromatic rings. The van der Waals surface area contributed by atoms with Gasteiger partial charge in [-0.3, -0.25) is 4.79 Å². The Balaban J connectivity index is 1.74. The maximum atomic E-state index is 12.2. The van der Waals surface area contributed by atoms with Gasteiger partial charge in [-0.25, -0.2) is 0 Å². The van der Waals surface area contributed by atoms with Gasteiger partial charge in [-0.2, -0.15) is 5.26 Å². The quantitative estimate of drug-likeness (QED) is 0.471. The number of carbonyl (C=O) groups excluding carboxylic acids is 1. The zero-order valence-electron chi connectivity index (χ0n) is 14.0. The Morgan fingerprint density at radius 1 is 1.25 bits per heavy atom. The van der Waals surface area contributed by atoms with E-state index in [1.165, 1.54) is 6.20 Å². The first-order chi connectivity index (χ1) is 11.7. The smallest absolute Gasteiger partial charge is 0.265 e. The predicted octanol–water partition coefficient (Wildman–Crippen LogP) is 2.08. The molecule has 1 aliphatic heterocycles. The zero-order chi connectivity index (χ0) is 17.2. The number of carbonyl (C=O) groups is 1. The maximum absolute atomic E-state index is 12.2. The molecule has 128 valence electrons. The van der Waals surface area contributed by atoms with E-state index in [1.807, 2.05) is 30.3 Å². The van der Waals surface area contributed by atoms with E-state index in [4.69, 9.17) is 14.7 Å². The van der Waals surface area contributed by atoms with Crippen LogP contribution in [0.15, 0.2) is 36.0 Å². The van der Waals surface area contributed by atoms with Crippen LogP contribution < -0.4 is 14.8 Å². The molecule has 1 saturated heterocycles. The molecule has 6 heteroatoms. The topological polar surface area (TPSA) is 74.6 Å². The first-order valence-electron chi connectivity index (χ1n) is 8.14. The van der Waals surface area contributed by atoms with Crippen LogP contribution in [0.25, 0.3) is 0 Å². The maximum Gasteiger partial charge on any atom is 0.265 e. The lowest BCUT2D eigenvalue weighted by molar-refractivity contribution is -0.127. The van der Waals surface area contributed by atoms with Crippen LogP contribution in [0.4, 0.5) is 0 Å². The molecule has 24 heavy (non-hydrogen) atoms. The van der Waals surface area contributed by atoms with Gasteiger partial charge in [0.25, 0.3) is 5.91 Å². The number of rotatable bonds is 7. The van der Waals surface area contributed by atoms with Crippen LogP contribution in [-0.4, -0.2) is 44.2 Å². The van der Waals surface area contributed by atoms with Crippen molar-refractivity contribution >= 4 is 5.91 Å². The average molecular weight is 329 g/mol. The number of nitrogens with zero attached hydrogens (tertiary/aromatic N) is 2. The van der Waals surface area contributed by atoms with E-state index < -0.39 is 0 Å². The molecule has 0 radical (unpaired) electrons. The van der Waals surface area contributed by atoms with Crippen LogP contribution in [0.2, 0.25) is 0 Å². The van der Waals surface area contributed by atoms with Gasteiger partial charge in [0.2, 0.25) is 0 Å². The monoisotopic (exact) mass is 329 g/mol. The summed E-state index contributed by atoms with van der Waals surface area (Å²) in [7, 11) is 1.62. The Labute approximate surface area is 142 Å². The van der Waals surface area contributed by atoms with Crippen molar-refractivity contribution in [1.29, 1.82) is 5.26 Å². The molecule has 1 amide bonds. The summed E-state index contributed by atoms with van der Waals surface area (Å²) in [5.41, 5.74) is 0.140. The molecule has 0 atom stereocenters. The number of benzene rings is 1. The third-order valence-electron chi connectivity index (χ3n) is 3.82. The Morgan fingerprint density at radius 3 is 2.54 bits per heavy atom. The molecule has 1 aliphatic rings. The highest BCUT2D eigenvalue weighted by Gasteiger charge is 2.19. The number of piperidine rings is 1. The number of amides is 1. The van der Waals surface area contributed by atoms with Crippen molar-refractivity contribution in [2.45, 2.75) is 19.3 Å². The third-order valence-corrected chi connectivity index (χ3v) is 3.82. The first-order valence-corrected chi connectivity index (χ1v) is 8.14. The van der Waals surface area contributed by atoms with E-state index in [9.17, 15) is 4.79 Å². The largest absolute Gasteiger partial charge is 0.497 e. The van der Waals surface area contributed by atoms with Crippen LogP contribution in [0.1, 0.15) is 19.3 Å². The standard InChI is InChI=1S/C18H23N3O3/c1-23-16-5-7-17(8-6-16)24-12-9-20-14-15(13-19)18(22)21-10-3-2-4-11-21/h5-8,14,20H,2-4,9-12H2,1H3/b15-14-. The Morgan fingerprint density at radius 2 is 1.92 bits per heavy atom. The molecule has 0 spiro atoms. The molecule has 0 aromatic heterocycles. The highest BCUT2D eigenvalue weighted by Crippen LogP contribution is 2.16. The van der Waals surface area contributed by atoms with E-state index in [0.717, 1.165) is 43.9 Å². The second-order valence-electron chi connectivity index (χ2n) is 5.50. The van der Waals surface area contributed by atoms with Gasteiger partial charge in [0, 0.05) is 25.8 Å². The minimum atomic E-state index is -0.194. The summed E-state index contributed by atoms with van der Waals surface area (Å²) >= 11 is 0. The number of nitriles is 1. The molecule has 0 saturated carbocycles. The van der Waals surface area contributed by atoms with E-state index in [0.29, 0.717) is 13.2 Å². The van der Waals surface area contributed by atoms with Crippen LogP contribution in [0, 0.1) is 11.3 Å². The van der Waals surface area contributed by atoms with Crippen LogP contribution in [0.3, 0.4) is 0 Å². The van der Waals surface area contributed by atoms with Crippen molar-refractivity contribution in [2.75, 3.05) is 33.4 Å². The fourth-order valence-electron chi connectivity index (χ4n) is 2.48. The number of methoxy groups -OCH3 is 1. The molecular weight excluding hydrogens is 306 g/mol. The minimum absolute atomic E-state index is 0.140. The molecule has 0 aliphatic carbocycles. The molecule has 1 N–H and O–H groups in total. The van der Waals surface area contributed by atoms with Gasteiger partial charge in [0.15, 0.2) is 0 Å². The lowest BCUT2D eigenvalue weighted by Gasteiger charge is -2.26. The highest BCUT2D eigenvalue weighted by molar-refractivity contribution is 5.97. The fraction of sp³-hybridized carbons (Fsp3) is 0.444. The molecule has 1 fully saturated rings. The van der Waals surface area contributed by atoms with Crippen molar-refractivity contribution in [3.63, 3.8) is 0 Å². The third kappa shape index (κ3) is 5.20. The number of nitrogens with one attached hydrogen (secondary N) is 1. The lowest BCUT2D eigenvalue weighted by atomic mass is 10.1. The van der Waals surface area contributed by atoms with Crippen molar-refractivity contribution in [2.24, 2.45) is 0 Å². The molecule has 0 unspecified atom stereocenters. The van der Waals surface area contributed by atoms with Crippen molar-refractivity contribution in [1.82, 2.24) is 10.2 Å². The molecule has 1 heterocycles. The summed E-state index contributed by atoms with van der Waals surface area (Å²) in [4.78, 5) is 14.0. The number of hydrogen-bond acceptors (Lipinski definition) is 5. The first kappa shape index (κ1) is 17.7. The van der Waals surface area contributed by atoms with Gasteiger partial charge >= 0.3 is 0 Å². The van der Waals surface area contributed by atoms with E-state index in [1.54, 1.807) is 12.0 Å². The minimum Gasteiger partial charge on any atom is -0.497 e. The summed E-state index contributed by atoms with van der Waals surface area (Å²) in [6.07, 6.45) is 4.64. The predicted molar refractivity (Wildman–Crippen MR) is 90.6 cm³/mol. The van der Waals surface area contributed by atoms with Crippen LogP contribution >= 0.6 is 0 Å². The number of likely N-dealkylation sites (tertiary alicyclic amines) is 1. The number of ether oxygens (including phenoxy) is 2. The van der Waals surface area contributed by atoms with Crippen LogP contribution in [-0.2, 0) is 4.79 Å². The summed E-state index contributed by atoms with van der Waals surface area (Å²) in [6.45, 7) is 2.40. The molecule has 6 nitrogen and oxygen atoms in total. The van der Waals surface area contributed by atoms with Gasteiger partial charge in [0.05, 0.1) is 7.11 Å². The van der Waals surface area contributed by atoms with Gasteiger partial charge in [-0.1, -0.05) is 0 Å². The van der Waals surface area contributed by atoms with Crippen LogP contribution in [0.5, 0.6) is 11.5 Å². The van der Waals surface area contributed by atoms with Crippen molar-refractivity contribution < 1.29 is 14.3 Å². The molecular formula is C18H23N3O3. The van der Waals surface area contributed by atoms with Gasteiger partial charge in [0.1, 0.15) is 29.7 Å². The summed E-state index contributed by atoms with van der Waals surface area (Å²) in [5.74, 6) is 1.32. The Bertz CT molecular complexity index is 599. The average Bonchev–Trinajstić information content (AvgIpc) is 2.65. The highest BCUT2D eigenvalue weighted by atomic mass is 16.5. The summed E-state index contributed by atoms with van der Waals surface area (Å²) in [5, 5.41) is 12.1. The lowest BCUT2D eigenvalue weighted by Crippen LogP contribution is -2.36. The normalized spacial score (nSPS) is 14.7. The van der Waals surface area contributed by atoms with E-state index in [-0.39, 0.29) is 11.5 Å². The van der Waals surface area contributed by atoms with Crippen molar-refractivity contribution in [3.05, 3.63) is 36.0 Å². The zero-order valence-corrected chi connectivity index (χ0v) is 14.0. The Kier molecular flexibility index (Phi) is 6.96. The second kappa shape index (κ2) is 9.46. The number of hydrogen-bond donors (Lipinski definition) is 1. The second-order valence-corrected chi connectivity index (χ2v) is 5.50. The molecule has 2 rings (SSSR count). The fourth-order valence-corrected chi connectivity index (χ4v) is 2.48.